The molecular formula is C15H13Cl3F3N3S. The third-order valence-corrected chi connectivity index (χ3v) is 4.77. The Morgan fingerprint density at radius 2 is 1.92 bits per heavy atom. The van der Waals surface area contributed by atoms with Gasteiger partial charge in [0, 0.05) is 17.8 Å². The van der Waals surface area contributed by atoms with E-state index in [1.807, 2.05) is 0 Å². The third kappa shape index (κ3) is 4.34. The van der Waals surface area contributed by atoms with E-state index in [0.717, 1.165) is 11.0 Å². The first-order valence-corrected chi connectivity index (χ1v) is 8.51. The number of hydrogen-bond donors (Lipinski definition) is 2. The number of halogens is 6. The lowest BCUT2D eigenvalue weighted by Crippen LogP contribution is -2.67. The highest BCUT2D eigenvalue weighted by Crippen LogP contribution is 2.37. The van der Waals surface area contributed by atoms with Crippen molar-refractivity contribution >= 4 is 52.1 Å². The molecule has 0 saturated heterocycles. The average molecular weight is 431 g/mol. The van der Waals surface area contributed by atoms with Gasteiger partial charge in [-0.05, 0) is 48.5 Å². The van der Waals surface area contributed by atoms with E-state index < -0.39 is 17.0 Å². The lowest BCUT2D eigenvalue weighted by Gasteiger charge is -2.44. The Bertz CT molecular complexity index is 737. The van der Waals surface area contributed by atoms with E-state index in [0.29, 0.717) is 10.6 Å². The number of alkyl halides is 3. The molecule has 1 atom stereocenters. The largest absolute Gasteiger partial charge is 0.434 e. The van der Waals surface area contributed by atoms with Crippen LogP contribution in [0.25, 0.3) is 0 Å². The maximum atomic E-state index is 13.8. The Morgan fingerprint density at radius 3 is 2.52 bits per heavy atom. The second-order valence-electron chi connectivity index (χ2n) is 5.26. The Hall–Kier alpha value is -1.15. The highest BCUT2D eigenvalue weighted by molar-refractivity contribution is 7.80. The first-order valence-electron chi connectivity index (χ1n) is 6.97. The van der Waals surface area contributed by atoms with Crippen molar-refractivity contribution in [2.75, 3.05) is 6.54 Å². The number of nitrogens with one attached hydrogen (secondary N) is 1. The molecule has 10 heteroatoms. The maximum absolute atomic E-state index is 13.8. The standard InChI is InChI=1S/C15H13Cl3F3N3S/c16-10-7-9(12(18)11(17)8-10)3-6-24-5-2-1-4-14(24,15(19,20)21)23-13(22)25/h1-2,4-5,7-8H,3,6H2,(H3,22,23,25). The van der Waals surface area contributed by atoms with Gasteiger partial charge in [0.2, 0.25) is 5.66 Å². The molecule has 1 aromatic carbocycles. The van der Waals surface area contributed by atoms with Gasteiger partial charge in [-0.1, -0.05) is 40.9 Å². The molecule has 1 aliphatic heterocycles. The molecule has 3 nitrogen and oxygen atoms in total. The van der Waals surface area contributed by atoms with Crippen LogP contribution in [0.1, 0.15) is 5.56 Å². The molecule has 0 aliphatic carbocycles. The Balaban J connectivity index is 2.31. The summed E-state index contributed by atoms with van der Waals surface area (Å²) in [7, 11) is 0. The van der Waals surface area contributed by atoms with Gasteiger partial charge in [-0.25, -0.2) is 0 Å². The molecule has 136 valence electrons. The molecule has 1 aromatic rings. The monoisotopic (exact) mass is 429 g/mol. The number of hydrogen-bond acceptors (Lipinski definition) is 2. The molecule has 2 rings (SSSR count). The van der Waals surface area contributed by atoms with Crippen LogP contribution in [0.15, 0.2) is 36.6 Å². The van der Waals surface area contributed by atoms with Gasteiger partial charge < -0.3 is 16.0 Å². The summed E-state index contributed by atoms with van der Waals surface area (Å²) >= 11 is 22.6. The molecule has 1 heterocycles. The van der Waals surface area contributed by atoms with Crippen molar-refractivity contribution in [2.45, 2.75) is 18.3 Å². The summed E-state index contributed by atoms with van der Waals surface area (Å²) in [6.07, 6.45) is 0.523. The molecule has 0 amide bonds. The molecule has 0 fully saturated rings. The van der Waals surface area contributed by atoms with Crippen LogP contribution in [-0.2, 0) is 6.42 Å². The van der Waals surface area contributed by atoms with E-state index in [2.05, 4.69) is 17.5 Å². The SMILES string of the molecule is NC(=S)NC1(C(F)(F)F)C=CC=CN1CCc1cc(Cl)cc(Cl)c1Cl. The zero-order valence-electron chi connectivity index (χ0n) is 12.6. The van der Waals surface area contributed by atoms with Crippen LogP contribution in [0.2, 0.25) is 15.1 Å². The van der Waals surface area contributed by atoms with Crippen molar-refractivity contribution in [2.24, 2.45) is 5.73 Å². The molecule has 0 aromatic heterocycles. The molecule has 0 radical (unpaired) electrons. The number of allylic oxidation sites excluding steroid dienone is 2. The van der Waals surface area contributed by atoms with Crippen molar-refractivity contribution in [1.29, 1.82) is 0 Å². The van der Waals surface area contributed by atoms with E-state index in [-0.39, 0.29) is 23.0 Å². The van der Waals surface area contributed by atoms with Gasteiger partial charge in [-0.15, -0.1) is 0 Å². The van der Waals surface area contributed by atoms with E-state index >= 15 is 0 Å². The molecule has 0 spiro atoms. The van der Waals surface area contributed by atoms with E-state index in [1.165, 1.54) is 24.4 Å². The molecule has 1 aliphatic rings. The van der Waals surface area contributed by atoms with E-state index in [1.54, 1.807) is 6.07 Å². The topological polar surface area (TPSA) is 41.3 Å². The fraction of sp³-hybridized carbons (Fsp3) is 0.267. The minimum atomic E-state index is -4.67. The van der Waals surface area contributed by atoms with E-state index in [4.69, 9.17) is 40.5 Å². The van der Waals surface area contributed by atoms with Gasteiger partial charge in [0.05, 0.1) is 10.0 Å². The molecule has 0 bridgehead atoms. The minimum Gasteiger partial charge on any atom is -0.376 e. The summed E-state index contributed by atoms with van der Waals surface area (Å²) < 4.78 is 41.3. The van der Waals surface area contributed by atoms with E-state index in [9.17, 15) is 13.2 Å². The molecule has 25 heavy (non-hydrogen) atoms. The van der Waals surface area contributed by atoms with Gasteiger partial charge in [-0.2, -0.15) is 13.2 Å². The fourth-order valence-corrected chi connectivity index (χ4v) is 3.37. The van der Waals surface area contributed by atoms with Crippen LogP contribution in [0.3, 0.4) is 0 Å². The average Bonchev–Trinajstić information content (AvgIpc) is 2.49. The fourth-order valence-electron chi connectivity index (χ4n) is 2.47. The van der Waals surface area contributed by atoms with Gasteiger partial charge >= 0.3 is 6.18 Å². The number of rotatable bonds is 4. The minimum absolute atomic E-state index is 0.0354. The van der Waals surface area contributed by atoms with Crippen molar-refractivity contribution in [3.05, 3.63) is 57.2 Å². The maximum Gasteiger partial charge on any atom is 0.434 e. The third-order valence-electron chi connectivity index (χ3n) is 3.60. The smallest absolute Gasteiger partial charge is 0.376 e. The second-order valence-corrected chi connectivity index (χ2v) is 6.92. The normalized spacial score (nSPS) is 20.0. The number of nitrogens with zero attached hydrogens (tertiary/aromatic N) is 1. The summed E-state index contributed by atoms with van der Waals surface area (Å²) in [5.41, 5.74) is 3.31. The van der Waals surface area contributed by atoms with Crippen LogP contribution in [0, 0.1) is 0 Å². The van der Waals surface area contributed by atoms with Crippen LogP contribution in [-0.4, -0.2) is 28.4 Å². The number of benzene rings is 1. The summed E-state index contributed by atoms with van der Waals surface area (Å²) in [5.74, 6) is 0. The summed E-state index contributed by atoms with van der Waals surface area (Å²) in [6.45, 7) is -0.0354. The van der Waals surface area contributed by atoms with Crippen molar-refractivity contribution in [3.63, 3.8) is 0 Å². The second kappa shape index (κ2) is 7.61. The zero-order valence-corrected chi connectivity index (χ0v) is 15.7. The van der Waals surface area contributed by atoms with Gasteiger partial charge in [0.25, 0.3) is 0 Å². The highest BCUT2D eigenvalue weighted by atomic mass is 35.5. The molecule has 1 unspecified atom stereocenters. The Morgan fingerprint density at radius 1 is 1.24 bits per heavy atom. The van der Waals surface area contributed by atoms with Crippen molar-refractivity contribution in [3.8, 4) is 0 Å². The number of thiocarbonyl (C=S) groups is 1. The van der Waals surface area contributed by atoms with Crippen LogP contribution < -0.4 is 11.1 Å². The van der Waals surface area contributed by atoms with Crippen molar-refractivity contribution in [1.82, 2.24) is 10.2 Å². The Labute approximate surface area is 163 Å². The predicted molar refractivity (Wildman–Crippen MR) is 98.9 cm³/mol. The van der Waals surface area contributed by atoms with Gasteiger partial charge in [0.15, 0.2) is 5.11 Å². The van der Waals surface area contributed by atoms with Gasteiger partial charge in [-0.3, -0.25) is 0 Å². The van der Waals surface area contributed by atoms with Gasteiger partial charge in [0.1, 0.15) is 0 Å². The first-order chi connectivity index (χ1) is 11.6. The highest BCUT2D eigenvalue weighted by Gasteiger charge is 2.57. The predicted octanol–water partition coefficient (Wildman–Crippen LogP) is 4.67. The summed E-state index contributed by atoms with van der Waals surface area (Å²) in [5, 5.41) is 2.52. The summed E-state index contributed by atoms with van der Waals surface area (Å²) in [6, 6.07) is 3.03. The lowest BCUT2D eigenvalue weighted by atomic mass is 10.0. The molecular weight excluding hydrogens is 418 g/mol. The summed E-state index contributed by atoms with van der Waals surface area (Å²) in [4.78, 5) is 1.05. The van der Waals surface area contributed by atoms with Crippen molar-refractivity contribution < 1.29 is 13.2 Å². The molecule has 3 N–H and O–H groups in total. The Kier molecular flexibility index (Phi) is 6.14. The number of nitrogens with two attached hydrogens (primary N) is 1. The quantitative estimate of drug-likeness (QED) is 0.538. The zero-order chi connectivity index (χ0) is 18.8. The molecule has 0 saturated carbocycles. The lowest BCUT2D eigenvalue weighted by molar-refractivity contribution is -0.213. The van der Waals surface area contributed by atoms with Crippen LogP contribution >= 0.6 is 47.0 Å². The first kappa shape index (κ1) is 20.2. The van der Waals surface area contributed by atoms with Crippen LogP contribution in [0.4, 0.5) is 13.2 Å². The van der Waals surface area contributed by atoms with Crippen LogP contribution in [0.5, 0.6) is 0 Å².